The molecule has 0 saturated heterocycles. The first-order valence-electron chi connectivity index (χ1n) is 24.3. The van der Waals surface area contributed by atoms with E-state index in [1.165, 1.54) is 87.1 Å². The van der Waals surface area contributed by atoms with E-state index in [1.807, 2.05) is 0 Å². The van der Waals surface area contributed by atoms with E-state index in [-0.39, 0.29) is 85.2 Å². The number of hydrogen-bond donors (Lipinski definition) is 0. The monoisotopic (exact) mass is 1200 g/mol. The lowest BCUT2D eigenvalue weighted by Crippen LogP contribution is -2.43. The minimum atomic E-state index is -5.07. The molecular formula is C47H50N12O24S. The van der Waals surface area contributed by atoms with Gasteiger partial charge in [-0.25, -0.2) is 28.7 Å². The summed E-state index contributed by atoms with van der Waals surface area (Å²) < 4.78 is 87.0. The van der Waals surface area contributed by atoms with E-state index >= 15 is 8.42 Å². The molecule has 2 atom stereocenters. The van der Waals surface area contributed by atoms with Gasteiger partial charge in [0.15, 0.2) is 40.6 Å². The Labute approximate surface area is 473 Å². The molecule has 2 unspecified atom stereocenters. The fourth-order valence-corrected chi connectivity index (χ4v) is 8.23. The fourth-order valence-electron chi connectivity index (χ4n) is 6.81. The molecule has 0 radical (unpaired) electrons. The van der Waals surface area contributed by atoms with Gasteiger partial charge < -0.3 is 61.9 Å². The van der Waals surface area contributed by atoms with Crippen molar-refractivity contribution in [1.29, 1.82) is 0 Å². The molecule has 6 rings (SSSR count). The average Bonchev–Trinajstić information content (AvgIpc) is 3.94. The lowest BCUT2D eigenvalue weighted by molar-refractivity contribution is -0.763. The second-order valence-corrected chi connectivity index (χ2v) is 18.0. The van der Waals surface area contributed by atoms with Crippen LogP contribution in [0.3, 0.4) is 0 Å². The number of sulfonamides is 1. The number of carbonyl (C=O) groups excluding carboxylic acids is 3. The number of aromatic nitrogens is 8. The normalized spacial score (nSPS) is 11.7. The van der Waals surface area contributed by atoms with E-state index in [9.17, 15) is 44.7 Å². The molecule has 0 bridgehead atoms. The first-order valence-corrected chi connectivity index (χ1v) is 25.8. The van der Waals surface area contributed by atoms with Crippen LogP contribution in [-0.2, 0) is 64.3 Å². The van der Waals surface area contributed by atoms with Crippen molar-refractivity contribution in [3.8, 4) is 46.0 Å². The molecule has 0 aliphatic rings. The van der Waals surface area contributed by atoms with Crippen LogP contribution in [0, 0.1) is 37.3 Å². The molecule has 36 nitrogen and oxygen atoms in total. The van der Waals surface area contributed by atoms with Crippen LogP contribution in [0.1, 0.15) is 41.6 Å². The molecule has 84 heavy (non-hydrogen) atoms. The maximum absolute atomic E-state index is 15.2. The van der Waals surface area contributed by atoms with Gasteiger partial charge in [-0.15, -0.1) is 35.4 Å². The summed E-state index contributed by atoms with van der Waals surface area (Å²) >= 11 is 0. The third-order valence-electron chi connectivity index (χ3n) is 10.5. The minimum absolute atomic E-state index is 0.0120. The second-order valence-electron chi connectivity index (χ2n) is 16.3. The van der Waals surface area contributed by atoms with Gasteiger partial charge in [-0.3, -0.25) is 4.98 Å². The van der Waals surface area contributed by atoms with Gasteiger partial charge in [0, 0.05) is 18.0 Å². The van der Waals surface area contributed by atoms with Crippen LogP contribution in [0.2, 0.25) is 0 Å². The Morgan fingerprint density at radius 3 is 2.02 bits per heavy atom. The molecule has 4 aromatic heterocycles. The predicted octanol–water partition coefficient (Wildman–Crippen LogP) is 4.46. The Kier molecular flexibility index (Phi) is 23.1. The number of hydrogen-bond acceptors (Lipinski definition) is 31. The van der Waals surface area contributed by atoms with E-state index in [0.717, 1.165) is 11.6 Å². The van der Waals surface area contributed by atoms with E-state index in [0.29, 0.717) is 9.87 Å². The van der Waals surface area contributed by atoms with E-state index < -0.39 is 112 Å². The van der Waals surface area contributed by atoms with Gasteiger partial charge >= 0.3 is 18.3 Å². The summed E-state index contributed by atoms with van der Waals surface area (Å²) in [5.74, 6) is -3.13. The van der Waals surface area contributed by atoms with Gasteiger partial charge in [0.1, 0.15) is 51.9 Å². The number of nitrogens with zero attached hydrogens (tertiary/aromatic N) is 12. The number of para-hydroxylation sites is 2. The number of rotatable bonds is 34. The van der Waals surface area contributed by atoms with Crippen molar-refractivity contribution >= 4 is 34.1 Å². The van der Waals surface area contributed by atoms with Gasteiger partial charge in [-0.05, 0) is 84.8 Å². The molecular weight excluding hydrogens is 1150 g/mol. The lowest BCUT2D eigenvalue weighted by atomic mass is 10.1. The topological polar surface area (TPSA) is 433 Å². The number of aryl methyl sites for hydroxylation is 1. The molecule has 4 heterocycles. The Bertz CT molecular complexity index is 3340. The number of anilines is 1. The number of benzene rings is 2. The summed E-state index contributed by atoms with van der Waals surface area (Å²) in [4.78, 5) is 102. The maximum atomic E-state index is 15.2. The van der Waals surface area contributed by atoms with E-state index in [4.69, 9.17) is 52.4 Å². The van der Waals surface area contributed by atoms with Gasteiger partial charge in [-0.1, -0.05) is 30.3 Å². The zero-order valence-electron chi connectivity index (χ0n) is 44.6. The average molecular weight is 1200 g/mol. The quantitative estimate of drug-likeness (QED) is 0.0134. The first-order chi connectivity index (χ1) is 40.3. The van der Waals surface area contributed by atoms with Crippen LogP contribution in [0.4, 0.5) is 15.4 Å². The van der Waals surface area contributed by atoms with Crippen LogP contribution in [-0.4, -0.2) is 162 Å². The highest BCUT2D eigenvalue weighted by atomic mass is 32.2. The van der Waals surface area contributed by atoms with Gasteiger partial charge in [0.25, 0.3) is 31.2 Å². The lowest BCUT2D eigenvalue weighted by Gasteiger charge is -2.30. The van der Waals surface area contributed by atoms with Crippen LogP contribution in [0.15, 0.2) is 90.2 Å². The standard InChI is InChI=1S/C47H50N12O24S/c1-30-12-13-39(49-28-30)84(69,70)56(32(3)82-47(62)77-21-17-73-19-25-79-58(65)66)43-40(83-38-11-6-5-10-37(38)71-4)44(74-22-23-75-45(60)35-9-7-8-33(26-35)29-80-59(67)68)51-41(50-43)34-14-15-48-36(27-34)42-52-53-54-55(42)31(2)81-46(61)76-20-16-72-18-24-78-57(63)64/h5-15,26-28,31-32H,16-25,29H2,1-4H3. The highest BCUT2D eigenvalue weighted by Crippen LogP contribution is 2.45. The Morgan fingerprint density at radius 1 is 0.714 bits per heavy atom. The predicted molar refractivity (Wildman–Crippen MR) is 274 cm³/mol. The first kappa shape index (κ1) is 62.8. The van der Waals surface area contributed by atoms with Gasteiger partial charge in [0.2, 0.25) is 11.6 Å². The van der Waals surface area contributed by atoms with Gasteiger partial charge in [0.05, 0.1) is 39.1 Å². The molecule has 6 aromatic rings. The number of pyridine rings is 2. The molecule has 0 saturated carbocycles. The molecule has 0 N–H and O–H groups in total. The molecule has 0 spiro atoms. The number of tetrazole rings is 1. The second kappa shape index (κ2) is 31.0. The highest BCUT2D eigenvalue weighted by Gasteiger charge is 2.39. The molecule has 448 valence electrons. The van der Waals surface area contributed by atoms with Crippen molar-refractivity contribution in [3.05, 3.63) is 132 Å². The largest absolute Gasteiger partial charge is 0.510 e. The van der Waals surface area contributed by atoms with Crippen molar-refractivity contribution in [2.75, 3.05) is 77.5 Å². The van der Waals surface area contributed by atoms with Crippen molar-refractivity contribution in [1.82, 2.24) is 40.1 Å². The fraction of sp³-hybridized carbons (Fsp3) is 0.362. The molecule has 0 aliphatic heterocycles. The Hall–Kier alpha value is -10.4. The van der Waals surface area contributed by atoms with Crippen LogP contribution in [0.5, 0.6) is 23.1 Å². The summed E-state index contributed by atoms with van der Waals surface area (Å²) in [5, 5.41) is 39.7. The highest BCUT2D eigenvalue weighted by molar-refractivity contribution is 7.92. The summed E-state index contributed by atoms with van der Waals surface area (Å²) in [5.41, 5.74) is 0.839. The van der Waals surface area contributed by atoms with Crippen molar-refractivity contribution in [3.63, 3.8) is 0 Å². The molecule has 0 aliphatic carbocycles. The molecule has 0 fully saturated rings. The third-order valence-corrected chi connectivity index (χ3v) is 12.2. The van der Waals surface area contributed by atoms with Crippen LogP contribution in [0.25, 0.3) is 22.9 Å². The summed E-state index contributed by atoms with van der Waals surface area (Å²) in [6, 6.07) is 17.1. The molecule has 2 aromatic carbocycles. The van der Waals surface area contributed by atoms with Crippen LogP contribution < -0.4 is 18.5 Å². The summed E-state index contributed by atoms with van der Waals surface area (Å²) in [6.07, 6.45) is -3.28. The summed E-state index contributed by atoms with van der Waals surface area (Å²) in [7, 11) is -3.75. The zero-order chi connectivity index (χ0) is 60.6. The smallest absolute Gasteiger partial charge is 0.493 e. The number of esters is 1. The van der Waals surface area contributed by atoms with E-state index in [1.54, 1.807) is 19.1 Å². The Balaban J connectivity index is 1.42. The zero-order valence-corrected chi connectivity index (χ0v) is 45.4. The third kappa shape index (κ3) is 18.6. The maximum Gasteiger partial charge on any atom is 0.510 e. The number of methoxy groups -OCH3 is 1. The van der Waals surface area contributed by atoms with Crippen LogP contribution >= 0.6 is 0 Å². The minimum Gasteiger partial charge on any atom is -0.493 e. The SMILES string of the molecule is COc1ccccc1Oc1c(OCCOC(=O)c2cccc(CO[N+](=O)[O-])c2)nc(-c2ccnc(-c3nnnn3C(C)OC(=O)OCCOCCO[N+](=O)[O-])c2)nc1N(C(C)OC(=O)OCCOCCO[N+](=O)[O-])S(=O)(=O)c1ccc(C)cn1. The van der Waals surface area contributed by atoms with Crippen molar-refractivity contribution in [2.24, 2.45) is 0 Å². The summed E-state index contributed by atoms with van der Waals surface area (Å²) in [6.45, 7) is 0.219. The number of carbonyl (C=O) groups is 3. The van der Waals surface area contributed by atoms with E-state index in [2.05, 4.69) is 45.0 Å². The Morgan fingerprint density at radius 2 is 1.37 bits per heavy atom. The van der Waals surface area contributed by atoms with Crippen molar-refractivity contribution < 1.29 is 99.9 Å². The van der Waals surface area contributed by atoms with Gasteiger partial charge in [-0.2, -0.15) is 18.1 Å². The molecule has 0 amide bonds. The number of ether oxygens (including phenoxy) is 10. The van der Waals surface area contributed by atoms with Crippen molar-refractivity contribution in [2.45, 2.75) is 44.9 Å². The molecule has 37 heteroatoms.